The van der Waals surface area contributed by atoms with Crippen molar-refractivity contribution in [2.75, 3.05) is 18.2 Å². The molecule has 1 amide bonds. The number of hydrogen-bond acceptors (Lipinski definition) is 4. The first kappa shape index (κ1) is 17.6. The van der Waals surface area contributed by atoms with Crippen LogP contribution in [0.4, 0.5) is 5.69 Å². The Balaban J connectivity index is 1.94. The summed E-state index contributed by atoms with van der Waals surface area (Å²) in [5, 5.41) is 3.37. The summed E-state index contributed by atoms with van der Waals surface area (Å²) < 4.78 is 28.0. The molecule has 0 atom stereocenters. The number of carbonyl (C=O) groups excluding carboxylic acids is 1. The van der Waals surface area contributed by atoms with E-state index in [4.69, 9.17) is 27.9 Å². The van der Waals surface area contributed by atoms with Crippen LogP contribution in [0.15, 0.2) is 47.4 Å². The van der Waals surface area contributed by atoms with Gasteiger partial charge in [-0.3, -0.25) is 4.79 Å². The highest BCUT2D eigenvalue weighted by Gasteiger charge is 2.09. The molecule has 5 nitrogen and oxygen atoms in total. The second kappa shape index (κ2) is 7.21. The summed E-state index contributed by atoms with van der Waals surface area (Å²) in [7, 11) is -3.27. The molecule has 8 heteroatoms. The summed E-state index contributed by atoms with van der Waals surface area (Å²) in [6, 6.07) is 10.5. The quantitative estimate of drug-likeness (QED) is 0.871. The van der Waals surface area contributed by atoms with Gasteiger partial charge in [0.05, 0.1) is 9.92 Å². The Labute approximate surface area is 144 Å². The third-order valence-electron chi connectivity index (χ3n) is 2.82. The number of ether oxygens (including phenoxy) is 1. The SMILES string of the molecule is CS(=O)(=O)c1ccc(NC(=O)COc2ccc(Cl)cc2Cl)cc1. The predicted octanol–water partition coefficient (Wildman–Crippen LogP) is 3.41. The Hall–Kier alpha value is -1.76. The minimum Gasteiger partial charge on any atom is -0.482 e. The maximum absolute atomic E-state index is 11.8. The van der Waals surface area contributed by atoms with Crippen LogP contribution < -0.4 is 10.1 Å². The zero-order valence-electron chi connectivity index (χ0n) is 12.0. The molecule has 0 unspecified atom stereocenters. The average molecular weight is 374 g/mol. The van der Waals surface area contributed by atoms with Gasteiger partial charge in [0.1, 0.15) is 5.75 Å². The molecular formula is C15H13Cl2NO4S. The van der Waals surface area contributed by atoms with E-state index < -0.39 is 15.7 Å². The van der Waals surface area contributed by atoms with Gasteiger partial charge in [-0.15, -0.1) is 0 Å². The molecule has 122 valence electrons. The van der Waals surface area contributed by atoms with Gasteiger partial charge in [0.25, 0.3) is 5.91 Å². The number of anilines is 1. The molecule has 0 spiro atoms. The molecule has 0 aromatic heterocycles. The lowest BCUT2D eigenvalue weighted by Gasteiger charge is -2.09. The van der Waals surface area contributed by atoms with E-state index in [9.17, 15) is 13.2 Å². The van der Waals surface area contributed by atoms with Gasteiger partial charge in [0.15, 0.2) is 16.4 Å². The van der Waals surface area contributed by atoms with Crippen molar-refractivity contribution in [1.29, 1.82) is 0 Å². The van der Waals surface area contributed by atoms with Crippen molar-refractivity contribution in [3.63, 3.8) is 0 Å². The van der Waals surface area contributed by atoms with Crippen molar-refractivity contribution in [3.8, 4) is 5.75 Å². The van der Waals surface area contributed by atoms with Crippen LogP contribution in [0.3, 0.4) is 0 Å². The van der Waals surface area contributed by atoms with E-state index in [2.05, 4.69) is 5.32 Å². The molecule has 2 aromatic carbocycles. The lowest BCUT2D eigenvalue weighted by molar-refractivity contribution is -0.118. The first-order valence-electron chi connectivity index (χ1n) is 6.43. The van der Waals surface area contributed by atoms with Gasteiger partial charge in [-0.25, -0.2) is 8.42 Å². The second-order valence-corrected chi connectivity index (χ2v) is 7.57. The Morgan fingerprint density at radius 2 is 1.78 bits per heavy atom. The van der Waals surface area contributed by atoms with Crippen LogP contribution in [0.5, 0.6) is 5.75 Å². The Bertz CT molecular complexity index is 820. The van der Waals surface area contributed by atoms with E-state index in [-0.39, 0.29) is 11.5 Å². The van der Waals surface area contributed by atoms with Gasteiger partial charge in [0, 0.05) is 17.0 Å². The molecule has 0 fully saturated rings. The van der Waals surface area contributed by atoms with Crippen LogP contribution in [-0.4, -0.2) is 27.2 Å². The Morgan fingerprint density at radius 3 is 2.35 bits per heavy atom. The summed E-state index contributed by atoms with van der Waals surface area (Å²) in [6.45, 7) is -0.241. The smallest absolute Gasteiger partial charge is 0.262 e. The third-order valence-corrected chi connectivity index (χ3v) is 4.48. The maximum Gasteiger partial charge on any atom is 0.262 e. The summed E-state index contributed by atoms with van der Waals surface area (Å²) in [5.41, 5.74) is 0.466. The van der Waals surface area contributed by atoms with Crippen molar-refractivity contribution in [2.45, 2.75) is 4.90 Å². The fourth-order valence-electron chi connectivity index (χ4n) is 1.72. The van der Waals surface area contributed by atoms with Crippen molar-refractivity contribution in [1.82, 2.24) is 0 Å². The average Bonchev–Trinajstić information content (AvgIpc) is 2.46. The molecule has 0 radical (unpaired) electrons. The molecule has 0 aliphatic carbocycles. The lowest BCUT2D eigenvalue weighted by Crippen LogP contribution is -2.20. The third kappa shape index (κ3) is 5.13. The standard InChI is InChI=1S/C15H13Cl2NO4S/c1-23(20,21)12-5-3-11(4-6-12)18-15(19)9-22-14-7-2-10(16)8-13(14)17/h2-8H,9H2,1H3,(H,18,19). The fourth-order valence-corrected chi connectivity index (χ4v) is 2.81. The van der Waals surface area contributed by atoms with E-state index >= 15 is 0 Å². The number of halogens is 2. The number of sulfone groups is 1. The zero-order chi connectivity index (χ0) is 17.0. The molecule has 0 bridgehead atoms. The minimum absolute atomic E-state index is 0.180. The topological polar surface area (TPSA) is 72.5 Å². The van der Waals surface area contributed by atoms with Gasteiger partial charge < -0.3 is 10.1 Å². The number of amides is 1. The number of nitrogens with one attached hydrogen (secondary N) is 1. The van der Waals surface area contributed by atoms with Crippen LogP contribution in [0.1, 0.15) is 0 Å². The number of benzene rings is 2. The van der Waals surface area contributed by atoms with E-state index in [0.717, 1.165) is 6.26 Å². The van der Waals surface area contributed by atoms with Crippen molar-refractivity contribution in [2.24, 2.45) is 0 Å². The van der Waals surface area contributed by atoms with Crippen LogP contribution in [0, 0.1) is 0 Å². The molecule has 0 aliphatic rings. The van der Waals surface area contributed by atoms with Crippen molar-refractivity contribution >= 4 is 44.6 Å². The fraction of sp³-hybridized carbons (Fsp3) is 0.133. The normalized spacial score (nSPS) is 11.1. The largest absolute Gasteiger partial charge is 0.482 e. The molecule has 0 saturated carbocycles. The van der Waals surface area contributed by atoms with Gasteiger partial charge in [0.2, 0.25) is 0 Å². The van der Waals surface area contributed by atoms with Gasteiger partial charge in [-0.2, -0.15) is 0 Å². The molecule has 23 heavy (non-hydrogen) atoms. The number of hydrogen-bond donors (Lipinski definition) is 1. The van der Waals surface area contributed by atoms with E-state index in [1.54, 1.807) is 12.1 Å². The first-order chi connectivity index (χ1) is 10.8. The predicted molar refractivity (Wildman–Crippen MR) is 90.1 cm³/mol. The Morgan fingerprint density at radius 1 is 1.13 bits per heavy atom. The Kier molecular flexibility index (Phi) is 5.51. The van der Waals surface area contributed by atoms with Gasteiger partial charge in [-0.1, -0.05) is 23.2 Å². The molecule has 1 N–H and O–H groups in total. The maximum atomic E-state index is 11.8. The molecule has 0 heterocycles. The molecule has 0 saturated heterocycles. The number of carbonyl (C=O) groups is 1. The van der Waals surface area contributed by atoms with Gasteiger partial charge in [-0.05, 0) is 42.5 Å². The minimum atomic E-state index is -3.27. The molecule has 2 aromatic rings. The number of rotatable bonds is 5. The van der Waals surface area contributed by atoms with Crippen molar-refractivity contribution in [3.05, 3.63) is 52.5 Å². The van der Waals surface area contributed by atoms with Crippen molar-refractivity contribution < 1.29 is 17.9 Å². The van der Waals surface area contributed by atoms with Crippen LogP contribution in [0.25, 0.3) is 0 Å². The van der Waals surface area contributed by atoms with Gasteiger partial charge >= 0.3 is 0 Å². The van der Waals surface area contributed by atoms with E-state index in [0.29, 0.717) is 21.5 Å². The molecule has 0 aliphatic heterocycles. The summed E-state index contributed by atoms with van der Waals surface area (Å²) in [6.07, 6.45) is 1.12. The van der Waals surface area contributed by atoms with E-state index in [1.807, 2.05) is 0 Å². The monoisotopic (exact) mass is 373 g/mol. The summed E-state index contributed by atoms with van der Waals surface area (Å²) in [4.78, 5) is 12.0. The van der Waals surface area contributed by atoms with Crippen LogP contribution >= 0.6 is 23.2 Å². The molecular weight excluding hydrogens is 361 g/mol. The zero-order valence-corrected chi connectivity index (χ0v) is 14.4. The second-order valence-electron chi connectivity index (χ2n) is 4.71. The highest BCUT2D eigenvalue weighted by atomic mass is 35.5. The summed E-state index contributed by atoms with van der Waals surface area (Å²) >= 11 is 11.7. The van der Waals surface area contributed by atoms with Crippen LogP contribution in [0.2, 0.25) is 10.0 Å². The molecule has 2 rings (SSSR count). The lowest BCUT2D eigenvalue weighted by atomic mass is 10.3. The highest BCUT2D eigenvalue weighted by Crippen LogP contribution is 2.27. The van der Waals surface area contributed by atoms with Crippen LogP contribution in [-0.2, 0) is 14.6 Å². The first-order valence-corrected chi connectivity index (χ1v) is 9.08. The van der Waals surface area contributed by atoms with E-state index in [1.165, 1.54) is 30.3 Å². The highest BCUT2D eigenvalue weighted by molar-refractivity contribution is 7.90. The summed E-state index contributed by atoms with van der Waals surface area (Å²) in [5.74, 6) is -0.0539.